The van der Waals surface area contributed by atoms with Crippen LogP contribution in [0.4, 0.5) is 5.69 Å². The van der Waals surface area contributed by atoms with Crippen LogP contribution >= 0.6 is 0 Å². The number of carbonyl (C=O) groups excluding carboxylic acids is 2. The molecule has 2 N–H and O–H groups in total. The highest BCUT2D eigenvalue weighted by atomic mass is 16.2. The smallest absolute Gasteiger partial charge is 0.253 e. The number of rotatable bonds is 5. The van der Waals surface area contributed by atoms with Crippen LogP contribution in [-0.2, 0) is 17.8 Å². The summed E-state index contributed by atoms with van der Waals surface area (Å²) >= 11 is 0. The zero-order valence-electron chi connectivity index (χ0n) is 15.3. The molecule has 1 heterocycles. The summed E-state index contributed by atoms with van der Waals surface area (Å²) in [5, 5.41) is 6.02. The van der Waals surface area contributed by atoms with E-state index in [-0.39, 0.29) is 24.4 Å². The fourth-order valence-electron chi connectivity index (χ4n) is 3.17. The zero-order valence-corrected chi connectivity index (χ0v) is 15.3. The molecule has 5 nitrogen and oxygen atoms in total. The van der Waals surface area contributed by atoms with E-state index in [1.54, 1.807) is 6.07 Å². The maximum absolute atomic E-state index is 12.6. The molecule has 2 aromatic rings. The van der Waals surface area contributed by atoms with Gasteiger partial charge in [0.05, 0.1) is 12.1 Å². The number of nitrogens with one attached hydrogen (secondary N) is 2. The topological polar surface area (TPSA) is 61.4 Å². The van der Waals surface area contributed by atoms with E-state index < -0.39 is 0 Å². The number of hydrogen-bond donors (Lipinski definition) is 2. The third-order valence-electron chi connectivity index (χ3n) is 4.50. The Hall–Kier alpha value is -2.82. The largest absolute Gasteiger partial charge is 0.376 e. The molecule has 2 aromatic carbocycles. The highest BCUT2D eigenvalue weighted by Gasteiger charge is 2.20. The van der Waals surface area contributed by atoms with Crippen LogP contribution in [0.1, 0.15) is 35.3 Å². The molecule has 26 heavy (non-hydrogen) atoms. The first-order chi connectivity index (χ1) is 12.5. The van der Waals surface area contributed by atoms with E-state index in [2.05, 4.69) is 22.8 Å². The maximum atomic E-state index is 12.6. The molecular weight excluding hydrogens is 326 g/mol. The number of hydrogen-bond acceptors (Lipinski definition) is 3. The van der Waals surface area contributed by atoms with Gasteiger partial charge in [0.1, 0.15) is 0 Å². The molecule has 3 rings (SSSR count). The van der Waals surface area contributed by atoms with Crippen LogP contribution in [0.3, 0.4) is 0 Å². The summed E-state index contributed by atoms with van der Waals surface area (Å²) in [5.74, 6) is -0.0963. The third-order valence-corrected chi connectivity index (χ3v) is 4.50. The van der Waals surface area contributed by atoms with Gasteiger partial charge in [-0.1, -0.05) is 36.4 Å². The second kappa shape index (κ2) is 8.04. The molecule has 0 aromatic heterocycles. The Kier molecular flexibility index (Phi) is 5.56. The number of nitrogens with zero attached hydrogens (tertiary/aromatic N) is 1. The molecule has 0 unspecified atom stereocenters. The van der Waals surface area contributed by atoms with Crippen LogP contribution in [0.2, 0.25) is 0 Å². The Morgan fingerprint density at radius 2 is 1.73 bits per heavy atom. The summed E-state index contributed by atoms with van der Waals surface area (Å²) in [7, 11) is 0. The SMILES string of the molecule is CC(C)NC(=O)c1ccccc1NCC(=O)N1CCc2ccccc2C1. The minimum atomic E-state index is -0.137. The molecule has 0 atom stereocenters. The highest BCUT2D eigenvalue weighted by molar-refractivity contribution is 6.00. The van der Waals surface area contributed by atoms with Crippen molar-refractivity contribution in [2.75, 3.05) is 18.4 Å². The normalized spacial score (nSPS) is 13.3. The van der Waals surface area contributed by atoms with Crippen molar-refractivity contribution in [2.45, 2.75) is 32.9 Å². The minimum Gasteiger partial charge on any atom is -0.376 e. The minimum absolute atomic E-state index is 0.0403. The fourth-order valence-corrected chi connectivity index (χ4v) is 3.17. The van der Waals surface area contributed by atoms with Gasteiger partial charge in [0.2, 0.25) is 5.91 Å². The molecule has 0 aliphatic carbocycles. The summed E-state index contributed by atoms with van der Waals surface area (Å²) < 4.78 is 0. The Balaban J connectivity index is 1.63. The van der Waals surface area contributed by atoms with Gasteiger partial charge in [0, 0.05) is 24.8 Å². The molecule has 0 saturated heterocycles. The average molecular weight is 351 g/mol. The van der Waals surface area contributed by atoms with Crippen LogP contribution < -0.4 is 10.6 Å². The van der Waals surface area contributed by atoms with Crippen LogP contribution in [0.5, 0.6) is 0 Å². The average Bonchev–Trinajstić information content (AvgIpc) is 2.65. The molecule has 0 fully saturated rings. The van der Waals surface area contributed by atoms with Crippen LogP contribution in [-0.4, -0.2) is 35.8 Å². The Morgan fingerprint density at radius 3 is 2.50 bits per heavy atom. The first kappa shape index (κ1) is 18.0. The molecule has 5 heteroatoms. The second-order valence-electron chi connectivity index (χ2n) is 6.86. The van der Waals surface area contributed by atoms with E-state index in [1.165, 1.54) is 11.1 Å². The van der Waals surface area contributed by atoms with Gasteiger partial charge in [-0.2, -0.15) is 0 Å². The summed E-state index contributed by atoms with van der Waals surface area (Å²) in [6.45, 7) is 5.39. The van der Waals surface area contributed by atoms with Crippen molar-refractivity contribution in [3.8, 4) is 0 Å². The molecule has 2 amide bonds. The van der Waals surface area contributed by atoms with Crippen LogP contribution in [0.25, 0.3) is 0 Å². The van der Waals surface area contributed by atoms with Gasteiger partial charge in [-0.15, -0.1) is 0 Å². The molecular formula is C21H25N3O2. The van der Waals surface area contributed by atoms with Crippen molar-refractivity contribution in [3.63, 3.8) is 0 Å². The number of fused-ring (bicyclic) bond motifs is 1. The number of amides is 2. The molecule has 0 spiro atoms. The Morgan fingerprint density at radius 1 is 1.04 bits per heavy atom. The van der Waals surface area contributed by atoms with E-state index in [0.29, 0.717) is 17.8 Å². The van der Waals surface area contributed by atoms with E-state index in [9.17, 15) is 9.59 Å². The van der Waals surface area contributed by atoms with Gasteiger partial charge < -0.3 is 15.5 Å². The molecule has 136 valence electrons. The van der Waals surface area contributed by atoms with Crippen LogP contribution in [0, 0.1) is 0 Å². The number of benzene rings is 2. The summed E-state index contributed by atoms with van der Waals surface area (Å²) in [5.41, 5.74) is 3.76. The summed E-state index contributed by atoms with van der Waals surface area (Å²) in [4.78, 5) is 26.8. The second-order valence-corrected chi connectivity index (χ2v) is 6.86. The molecule has 1 aliphatic heterocycles. The highest BCUT2D eigenvalue weighted by Crippen LogP contribution is 2.19. The lowest BCUT2D eigenvalue weighted by Crippen LogP contribution is -2.39. The summed E-state index contributed by atoms with van der Waals surface area (Å²) in [6, 6.07) is 15.6. The van der Waals surface area contributed by atoms with E-state index in [1.807, 2.05) is 49.1 Å². The standard InChI is InChI=1S/C21H25N3O2/c1-15(2)23-21(26)18-9-5-6-10-19(18)22-13-20(25)24-12-11-16-7-3-4-8-17(16)14-24/h3-10,15,22H,11-14H2,1-2H3,(H,23,26). The number of carbonyl (C=O) groups is 2. The zero-order chi connectivity index (χ0) is 18.5. The first-order valence-electron chi connectivity index (χ1n) is 9.03. The van der Waals surface area contributed by atoms with Crippen molar-refractivity contribution in [1.82, 2.24) is 10.2 Å². The van der Waals surface area contributed by atoms with Crippen molar-refractivity contribution in [2.24, 2.45) is 0 Å². The Bertz CT molecular complexity index is 801. The number of para-hydroxylation sites is 1. The van der Waals surface area contributed by atoms with E-state index >= 15 is 0 Å². The first-order valence-corrected chi connectivity index (χ1v) is 9.03. The van der Waals surface area contributed by atoms with E-state index in [4.69, 9.17) is 0 Å². The lowest BCUT2D eigenvalue weighted by molar-refractivity contribution is -0.130. The number of anilines is 1. The van der Waals surface area contributed by atoms with E-state index in [0.717, 1.165) is 13.0 Å². The lowest BCUT2D eigenvalue weighted by Gasteiger charge is -2.29. The maximum Gasteiger partial charge on any atom is 0.253 e. The van der Waals surface area contributed by atoms with Gasteiger partial charge in [-0.05, 0) is 43.5 Å². The van der Waals surface area contributed by atoms with Gasteiger partial charge in [-0.3, -0.25) is 9.59 Å². The van der Waals surface area contributed by atoms with Gasteiger partial charge >= 0.3 is 0 Å². The quantitative estimate of drug-likeness (QED) is 0.871. The molecule has 0 saturated carbocycles. The Labute approximate surface area is 154 Å². The van der Waals surface area contributed by atoms with Crippen molar-refractivity contribution < 1.29 is 9.59 Å². The molecule has 0 bridgehead atoms. The lowest BCUT2D eigenvalue weighted by atomic mass is 10.00. The van der Waals surface area contributed by atoms with Crippen molar-refractivity contribution >= 4 is 17.5 Å². The van der Waals surface area contributed by atoms with Gasteiger partial charge in [0.15, 0.2) is 0 Å². The molecule has 1 aliphatic rings. The van der Waals surface area contributed by atoms with Gasteiger partial charge in [-0.25, -0.2) is 0 Å². The van der Waals surface area contributed by atoms with Crippen molar-refractivity contribution in [3.05, 3.63) is 65.2 Å². The predicted octanol–water partition coefficient (Wildman–Crippen LogP) is 2.82. The molecule has 0 radical (unpaired) electrons. The third kappa shape index (κ3) is 4.23. The fraction of sp³-hybridized carbons (Fsp3) is 0.333. The summed E-state index contributed by atoms with van der Waals surface area (Å²) in [6.07, 6.45) is 0.884. The van der Waals surface area contributed by atoms with Crippen molar-refractivity contribution in [1.29, 1.82) is 0 Å². The predicted molar refractivity (Wildman–Crippen MR) is 103 cm³/mol. The monoisotopic (exact) mass is 351 g/mol. The van der Waals surface area contributed by atoms with Crippen LogP contribution in [0.15, 0.2) is 48.5 Å². The van der Waals surface area contributed by atoms with Gasteiger partial charge in [0.25, 0.3) is 5.91 Å².